The summed E-state index contributed by atoms with van der Waals surface area (Å²) in [5, 5.41) is 8.97. The molecule has 0 amide bonds. The third-order valence-corrected chi connectivity index (χ3v) is 5.83. The summed E-state index contributed by atoms with van der Waals surface area (Å²) in [6.45, 7) is 2.31. The summed E-state index contributed by atoms with van der Waals surface area (Å²) < 4.78 is 0. The van der Waals surface area contributed by atoms with Gasteiger partial charge in [0.05, 0.1) is 16.1 Å². The Kier molecular flexibility index (Phi) is 2.81. The highest BCUT2D eigenvalue weighted by Crippen LogP contribution is 2.47. The van der Waals surface area contributed by atoms with Crippen LogP contribution in [0.3, 0.4) is 0 Å². The fourth-order valence-corrected chi connectivity index (χ4v) is 4.31. The molecule has 1 aliphatic rings. The molecule has 17 heavy (non-hydrogen) atoms. The van der Waals surface area contributed by atoms with E-state index in [4.69, 9.17) is 4.98 Å². The molecule has 1 fully saturated rings. The number of hydrogen-bond acceptors (Lipinski definition) is 4. The molecule has 0 saturated heterocycles. The van der Waals surface area contributed by atoms with Gasteiger partial charge in [0, 0.05) is 5.38 Å². The van der Waals surface area contributed by atoms with Gasteiger partial charge in [0.15, 0.2) is 0 Å². The Hall–Kier alpha value is -0.710. The lowest BCUT2D eigenvalue weighted by Gasteiger charge is -2.47. The summed E-state index contributed by atoms with van der Waals surface area (Å²) in [6.07, 6.45) is 2.50. The molecule has 1 N–H and O–H groups in total. The first-order valence-electron chi connectivity index (χ1n) is 5.95. The molecule has 1 aliphatic carbocycles. The van der Waals surface area contributed by atoms with Gasteiger partial charge in [-0.3, -0.25) is 0 Å². The van der Waals surface area contributed by atoms with Crippen LogP contribution in [0, 0.1) is 5.92 Å². The number of thiazole rings is 1. The Morgan fingerprint density at radius 1 is 1.47 bits per heavy atom. The molecule has 2 aromatic heterocycles. The molecule has 4 heteroatoms. The average molecular weight is 264 g/mol. The van der Waals surface area contributed by atoms with Gasteiger partial charge in [0.1, 0.15) is 5.01 Å². The maximum absolute atomic E-state index is 4.83. The van der Waals surface area contributed by atoms with Crippen molar-refractivity contribution in [3.8, 4) is 9.88 Å². The molecule has 0 bridgehead atoms. The van der Waals surface area contributed by atoms with Gasteiger partial charge in [-0.2, -0.15) is 0 Å². The summed E-state index contributed by atoms with van der Waals surface area (Å²) in [4.78, 5) is 6.11. The van der Waals surface area contributed by atoms with E-state index in [9.17, 15) is 0 Å². The zero-order valence-corrected chi connectivity index (χ0v) is 11.7. The van der Waals surface area contributed by atoms with Crippen LogP contribution in [-0.4, -0.2) is 12.0 Å². The van der Waals surface area contributed by atoms with Gasteiger partial charge in [-0.25, -0.2) is 4.98 Å². The maximum atomic E-state index is 4.83. The highest BCUT2D eigenvalue weighted by molar-refractivity contribution is 7.20. The van der Waals surface area contributed by atoms with Gasteiger partial charge in [0.25, 0.3) is 0 Å². The minimum absolute atomic E-state index is 0.131. The molecule has 1 unspecified atom stereocenters. The van der Waals surface area contributed by atoms with E-state index in [0.29, 0.717) is 5.92 Å². The largest absolute Gasteiger partial charge is 0.309 e. The lowest BCUT2D eigenvalue weighted by atomic mass is 9.66. The van der Waals surface area contributed by atoms with Crippen LogP contribution in [0.4, 0.5) is 0 Å². The van der Waals surface area contributed by atoms with E-state index in [1.807, 2.05) is 0 Å². The van der Waals surface area contributed by atoms with Crippen molar-refractivity contribution in [3.63, 3.8) is 0 Å². The van der Waals surface area contributed by atoms with Gasteiger partial charge >= 0.3 is 0 Å². The van der Waals surface area contributed by atoms with E-state index < -0.39 is 0 Å². The van der Waals surface area contributed by atoms with E-state index in [0.717, 1.165) is 5.01 Å². The summed E-state index contributed by atoms with van der Waals surface area (Å²) >= 11 is 3.52. The van der Waals surface area contributed by atoms with Crippen LogP contribution in [0.15, 0.2) is 22.9 Å². The van der Waals surface area contributed by atoms with Crippen molar-refractivity contribution >= 4 is 22.7 Å². The maximum Gasteiger partial charge on any atom is 0.133 e. The number of nitrogens with zero attached hydrogens (tertiary/aromatic N) is 1. The second-order valence-electron chi connectivity index (χ2n) is 4.68. The van der Waals surface area contributed by atoms with Crippen LogP contribution in [-0.2, 0) is 5.54 Å². The molecule has 1 saturated carbocycles. The SMILES string of the molecule is CNC1(c2csc(-c3cccs3)n2)CC[C@H]1C. The number of thiophene rings is 1. The van der Waals surface area contributed by atoms with Crippen LogP contribution in [0.2, 0.25) is 0 Å². The molecular formula is C13H16N2S2. The summed E-state index contributed by atoms with van der Waals surface area (Å²) in [6, 6.07) is 4.23. The van der Waals surface area contributed by atoms with E-state index in [1.54, 1.807) is 22.7 Å². The van der Waals surface area contributed by atoms with Gasteiger partial charge < -0.3 is 5.32 Å². The fraction of sp³-hybridized carbons (Fsp3) is 0.462. The quantitative estimate of drug-likeness (QED) is 0.914. The van der Waals surface area contributed by atoms with Crippen molar-refractivity contribution in [2.45, 2.75) is 25.3 Å². The molecule has 0 aromatic carbocycles. The number of hydrogen-bond donors (Lipinski definition) is 1. The predicted octanol–water partition coefficient (Wildman–Crippen LogP) is 3.72. The van der Waals surface area contributed by atoms with E-state index in [-0.39, 0.29) is 5.54 Å². The smallest absolute Gasteiger partial charge is 0.133 e. The van der Waals surface area contributed by atoms with Gasteiger partial charge in [-0.1, -0.05) is 13.0 Å². The van der Waals surface area contributed by atoms with Crippen LogP contribution in [0.25, 0.3) is 9.88 Å². The zero-order chi connectivity index (χ0) is 11.9. The van der Waals surface area contributed by atoms with Crippen molar-refractivity contribution in [1.82, 2.24) is 10.3 Å². The third kappa shape index (κ3) is 1.66. The number of nitrogens with one attached hydrogen (secondary N) is 1. The summed E-state index contributed by atoms with van der Waals surface area (Å²) in [7, 11) is 2.06. The lowest BCUT2D eigenvalue weighted by Crippen LogP contribution is -2.53. The Bertz CT molecular complexity index is 499. The minimum Gasteiger partial charge on any atom is -0.309 e. The molecule has 0 radical (unpaired) electrons. The van der Waals surface area contributed by atoms with E-state index >= 15 is 0 Å². The van der Waals surface area contributed by atoms with Crippen LogP contribution >= 0.6 is 22.7 Å². The summed E-state index contributed by atoms with van der Waals surface area (Å²) in [5.74, 6) is 0.686. The molecule has 0 spiro atoms. The van der Waals surface area contributed by atoms with Crippen molar-refractivity contribution in [1.29, 1.82) is 0 Å². The predicted molar refractivity (Wildman–Crippen MR) is 74.6 cm³/mol. The molecule has 2 atom stereocenters. The molecule has 90 valence electrons. The molecular weight excluding hydrogens is 248 g/mol. The Labute approximate surface area is 110 Å². The lowest BCUT2D eigenvalue weighted by molar-refractivity contribution is 0.101. The first-order valence-corrected chi connectivity index (χ1v) is 7.71. The van der Waals surface area contributed by atoms with Gasteiger partial charge in [-0.15, -0.1) is 22.7 Å². The summed E-state index contributed by atoms with van der Waals surface area (Å²) in [5.41, 5.74) is 1.36. The van der Waals surface area contributed by atoms with E-state index in [1.165, 1.54) is 23.4 Å². The van der Waals surface area contributed by atoms with Crippen molar-refractivity contribution in [2.75, 3.05) is 7.05 Å². The first kappa shape index (κ1) is 11.4. The second-order valence-corrected chi connectivity index (χ2v) is 6.48. The second kappa shape index (κ2) is 4.19. The normalized spacial score (nSPS) is 28.0. The average Bonchev–Trinajstić information content (AvgIpc) is 2.98. The van der Waals surface area contributed by atoms with Gasteiger partial charge in [0.2, 0.25) is 0 Å². The van der Waals surface area contributed by atoms with Gasteiger partial charge in [-0.05, 0) is 37.3 Å². The fourth-order valence-electron chi connectivity index (χ4n) is 2.59. The van der Waals surface area contributed by atoms with Crippen molar-refractivity contribution in [2.24, 2.45) is 5.92 Å². The molecule has 2 aromatic rings. The van der Waals surface area contributed by atoms with Crippen molar-refractivity contribution in [3.05, 3.63) is 28.6 Å². The Morgan fingerprint density at radius 2 is 2.35 bits per heavy atom. The number of aromatic nitrogens is 1. The monoisotopic (exact) mass is 264 g/mol. The van der Waals surface area contributed by atoms with Crippen LogP contribution in [0.5, 0.6) is 0 Å². The molecule has 2 nitrogen and oxygen atoms in total. The molecule has 2 heterocycles. The third-order valence-electron chi connectivity index (χ3n) is 3.95. The minimum atomic E-state index is 0.131. The van der Waals surface area contributed by atoms with Crippen LogP contribution in [0.1, 0.15) is 25.5 Å². The molecule has 0 aliphatic heterocycles. The van der Waals surface area contributed by atoms with Crippen LogP contribution < -0.4 is 5.32 Å². The Morgan fingerprint density at radius 3 is 2.88 bits per heavy atom. The highest BCUT2D eigenvalue weighted by Gasteiger charge is 2.45. The Balaban J connectivity index is 1.95. The first-order chi connectivity index (χ1) is 8.26. The standard InChI is InChI=1S/C13H16N2S2/c1-9-5-6-13(9,14-2)11-8-17-12(15-11)10-4-3-7-16-10/h3-4,7-9,14H,5-6H2,1-2H3/t9-,13?/m1/s1. The number of rotatable bonds is 3. The van der Waals surface area contributed by atoms with Crippen molar-refractivity contribution < 1.29 is 0 Å². The highest BCUT2D eigenvalue weighted by atomic mass is 32.1. The molecule has 3 rings (SSSR count). The van der Waals surface area contributed by atoms with E-state index in [2.05, 4.69) is 42.2 Å². The topological polar surface area (TPSA) is 24.9 Å². The zero-order valence-electron chi connectivity index (χ0n) is 10.1.